The molecule has 1 N–H and O–H groups in total. The van der Waals surface area contributed by atoms with Crippen molar-refractivity contribution >= 4 is 28.8 Å². The number of thioether (sulfide) groups is 1. The van der Waals surface area contributed by atoms with E-state index < -0.39 is 5.97 Å². The molecule has 1 heterocycles. The predicted molar refractivity (Wildman–Crippen MR) is 80.1 cm³/mol. The fraction of sp³-hybridized carbons (Fsp3) is 0.333. The van der Waals surface area contributed by atoms with Crippen LogP contribution in [0.15, 0.2) is 35.5 Å². The van der Waals surface area contributed by atoms with E-state index in [1.165, 1.54) is 23.9 Å². The summed E-state index contributed by atoms with van der Waals surface area (Å²) in [6.45, 7) is 0. The number of hydrogen-bond acceptors (Lipinski definition) is 3. The smallest absolute Gasteiger partial charge is 0.313 e. The van der Waals surface area contributed by atoms with Crippen molar-refractivity contribution in [1.82, 2.24) is 9.55 Å². The molecule has 1 unspecified atom stereocenters. The van der Waals surface area contributed by atoms with Gasteiger partial charge in [-0.1, -0.05) is 23.9 Å². The molecule has 0 radical (unpaired) electrons. The average Bonchev–Trinajstić information content (AvgIpc) is 2.83. The molecule has 1 aromatic heterocycles. The van der Waals surface area contributed by atoms with E-state index in [0.29, 0.717) is 10.7 Å². The molecule has 1 aliphatic carbocycles. The monoisotopic (exact) mass is 306 g/mol. The molecule has 110 valence electrons. The van der Waals surface area contributed by atoms with Crippen molar-refractivity contribution < 1.29 is 14.3 Å². The number of carbonyl (C=O) groups is 1. The van der Waals surface area contributed by atoms with Crippen molar-refractivity contribution in [3.63, 3.8) is 0 Å². The fourth-order valence-electron chi connectivity index (χ4n) is 2.64. The third-order valence-electron chi connectivity index (χ3n) is 3.55. The maximum atomic E-state index is 13.4. The van der Waals surface area contributed by atoms with Crippen LogP contribution in [0, 0.1) is 5.82 Å². The van der Waals surface area contributed by atoms with Crippen molar-refractivity contribution in [3.05, 3.63) is 36.2 Å². The minimum Gasteiger partial charge on any atom is -0.481 e. The Morgan fingerprint density at radius 3 is 3.05 bits per heavy atom. The lowest BCUT2D eigenvalue weighted by Crippen LogP contribution is -2.12. The number of aromatic nitrogens is 2. The third-order valence-corrected chi connectivity index (χ3v) is 4.49. The highest BCUT2D eigenvalue weighted by Crippen LogP contribution is 2.33. The molecule has 1 aromatic carbocycles. The Labute approximate surface area is 125 Å². The molecule has 0 bridgehead atoms. The maximum absolute atomic E-state index is 13.4. The van der Waals surface area contributed by atoms with E-state index in [1.807, 2.05) is 0 Å². The predicted octanol–water partition coefficient (Wildman–Crippen LogP) is 3.63. The Bertz CT molecular complexity index is 711. The second kappa shape index (κ2) is 5.89. The number of carboxylic acid groups (broad SMARTS) is 1. The standard InChI is InChI=1S/C15H15FN2O2S/c16-10-6-7-13-12(8-10)17-15(21-9-14(19)20)18(13)11-4-2-1-3-5-11/h1-2,6-8,11H,3-5,9H2,(H,19,20). The lowest BCUT2D eigenvalue weighted by molar-refractivity contribution is -0.133. The largest absolute Gasteiger partial charge is 0.481 e. The summed E-state index contributed by atoms with van der Waals surface area (Å²) in [7, 11) is 0. The van der Waals surface area contributed by atoms with E-state index in [2.05, 4.69) is 21.7 Å². The number of nitrogens with zero attached hydrogens (tertiary/aromatic N) is 2. The number of carboxylic acids is 1. The van der Waals surface area contributed by atoms with E-state index in [1.54, 1.807) is 6.07 Å². The van der Waals surface area contributed by atoms with Crippen LogP contribution in [0.25, 0.3) is 11.0 Å². The van der Waals surface area contributed by atoms with Crippen LogP contribution in [0.2, 0.25) is 0 Å². The Morgan fingerprint density at radius 2 is 2.33 bits per heavy atom. The number of rotatable bonds is 4. The SMILES string of the molecule is O=C(O)CSc1nc2cc(F)ccc2n1C1CC=CCC1. The highest BCUT2D eigenvalue weighted by molar-refractivity contribution is 7.99. The van der Waals surface area contributed by atoms with Crippen LogP contribution in [0.3, 0.4) is 0 Å². The number of halogens is 1. The van der Waals surface area contributed by atoms with Gasteiger partial charge < -0.3 is 9.67 Å². The molecule has 0 spiro atoms. The van der Waals surface area contributed by atoms with Gasteiger partial charge >= 0.3 is 5.97 Å². The molecule has 1 atom stereocenters. The molecule has 0 amide bonds. The normalized spacial score (nSPS) is 18.2. The van der Waals surface area contributed by atoms with Gasteiger partial charge in [-0.05, 0) is 31.4 Å². The third kappa shape index (κ3) is 2.95. The number of imidazole rings is 1. The highest BCUT2D eigenvalue weighted by atomic mass is 32.2. The van der Waals surface area contributed by atoms with Gasteiger partial charge in [0.15, 0.2) is 5.16 Å². The van der Waals surface area contributed by atoms with Crippen LogP contribution in [-0.4, -0.2) is 26.4 Å². The molecule has 6 heteroatoms. The van der Waals surface area contributed by atoms with Crippen LogP contribution < -0.4 is 0 Å². The van der Waals surface area contributed by atoms with Crippen LogP contribution in [-0.2, 0) is 4.79 Å². The summed E-state index contributed by atoms with van der Waals surface area (Å²) in [4.78, 5) is 15.2. The van der Waals surface area contributed by atoms with Gasteiger partial charge in [-0.3, -0.25) is 4.79 Å². The zero-order chi connectivity index (χ0) is 14.8. The lowest BCUT2D eigenvalue weighted by atomic mass is 10.0. The Balaban J connectivity index is 2.05. The number of hydrogen-bond donors (Lipinski definition) is 1. The molecule has 21 heavy (non-hydrogen) atoms. The van der Waals surface area contributed by atoms with Crippen molar-refractivity contribution in [3.8, 4) is 0 Å². The Kier molecular flexibility index (Phi) is 3.96. The summed E-state index contributed by atoms with van der Waals surface area (Å²) in [6.07, 6.45) is 7.16. The summed E-state index contributed by atoms with van der Waals surface area (Å²) < 4.78 is 15.4. The first kappa shape index (κ1) is 14.1. The summed E-state index contributed by atoms with van der Waals surface area (Å²) >= 11 is 1.19. The summed E-state index contributed by atoms with van der Waals surface area (Å²) in [5, 5.41) is 9.52. The first-order valence-electron chi connectivity index (χ1n) is 6.82. The van der Waals surface area contributed by atoms with Crippen molar-refractivity contribution in [2.24, 2.45) is 0 Å². The quantitative estimate of drug-likeness (QED) is 0.692. The van der Waals surface area contributed by atoms with Crippen LogP contribution in [0.5, 0.6) is 0 Å². The van der Waals surface area contributed by atoms with Gasteiger partial charge in [0, 0.05) is 12.1 Å². The number of allylic oxidation sites excluding steroid dienone is 2. The Hall–Kier alpha value is -1.82. The Morgan fingerprint density at radius 1 is 1.48 bits per heavy atom. The summed E-state index contributed by atoms with van der Waals surface area (Å²) in [6, 6.07) is 4.79. The second-order valence-corrected chi connectivity index (χ2v) is 5.96. The van der Waals surface area contributed by atoms with Gasteiger partial charge in [0.25, 0.3) is 0 Å². The van der Waals surface area contributed by atoms with Gasteiger partial charge in [-0.2, -0.15) is 0 Å². The molecule has 0 fully saturated rings. The molecule has 0 saturated carbocycles. The maximum Gasteiger partial charge on any atom is 0.313 e. The molecule has 0 aliphatic heterocycles. The first-order chi connectivity index (χ1) is 10.1. The minimum atomic E-state index is -0.881. The molecule has 1 aliphatic rings. The molecular formula is C15H15FN2O2S. The summed E-state index contributed by atoms with van der Waals surface area (Å²) in [5.74, 6) is -1.26. The molecule has 4 nitrogen and oxygen atoms in total. The van der Waals surface area contributed by atoms with Crippen LogP contribution in [0.1, 0.15) is 25.3 Å². The zero-order valence-electron chi connectivity index (χ0n) is 11.3. The van der Waals surface area contributed by atoms with Crippen molar-refractivity contribution in [2.45, 2.75) is 30.5 Å². The van der Waals surface area contributed by atoms with E-state index in [0.717, 1.165) is 24.8 Å². The highest BCUT2D eigenvalue weighted by Gasteiger charge is 2.20. The minimum absolute atomic E-state index is 0.0473. The van der Waals surface area contributed by atoms with Gasteiger partial charge in [-0.15, -0.1) is 0 Å². The lowest BCUT2D eigenvalue weighted by Gasteiger charge is -2.22. The fourth-order valence-corrected chi connectivity index (χ4v) is 3.44. The van der Waals surface area contributed by atoms with Gasteiger partial charge in [0.05, 0.1) is 16.8 Å². The number of benzene rings is 1. The topological polar surface area (TPSA) is 55.1 Å². The molecular weight excluding hydrogens is 291 g/mol. The number of aliphatic carboxylic acids is 1. The van der Waals surface area contributed by atoms with E-state index in [9.17, 15) is 9.18 Å². The first-order valence-corrected chi connectivity index (χ1v) is 7.81. The molecule has 2 aromatic rings. The molecule has 0 saturated heterocycles. The number of fused-ring (bicyclic) bond motifs is 1. The average molecular weight is 306 g/mol. The van der Waals surface area contributed by atoms with Crippen molar-refractivity contribution in [1.29, 1.82) is 0 Å². The van der Waals surface area contributed by atoms with Gasteiger partial charge in [0.1, 0.15) is 5.82 Å². The van der Waals surface area contributed by atoms with E-state index >= 15 is 0 Å². The second-order valence-electron chi connectivity index (χ2n) is 5.02. The van der Waals surface area contributed by atoms with Crippen LogP contribution in [0.4, 0.5) is 4.39 Å². The van der Waals surface area contributed by atoms with Gasteiger partial charge in [0.2, 0.25) is 0 Å². The zero-order valence-corrected chi connectivity index (χ0v) is 12.1. The van der Waals surface area contributed by atoms with Crippen LogP contribution >= 0.6 is 11.8 Å². The van der Waals surface area contributed by atoms with E-state index in [-0.39, 0.29) is 17.6 Å². The van der Waals surface area contributed by atoms with Gasteiger partial charge in [-0.25, -0.2) is 9.37 Å². The van der Waals surface area contributed by atoms with E-state index in [4.69, 9.17) is 5.11 Å². The molecule has 3 rings (SSSR count). The summed E-state index contributed by atoms with van der Waals surface area (Å²) in [5.41, 5.74) is 1.45. The van der Waals surface area contributed by atoms with Crippen molar-refractivity contribution in [2.75, 3.05) is 5.75 Å².